The predicted octanol–water partition coefficient (Wildman–Crippen LogP) is 1.45. The maximum absolute atomic E-state index is 13.2. The summed E-state index contributed by atoms with van der Waals surface area (Å²) in [7, 11) is -2.63. The zero-order valence-corrected chi connectivity index (χ0v) is 18.4. The van der Waals surface area contributed by atoms with E-state index in [9.17, 15) is 22.8 Å². The van der Waals surface area contributed by atoms with E-state index in [4.69, 9.17) is 9.47 Å². The number of fused-ring (bicyclic) bond motifs is 1. The number of ether oxygens (including phenoxy) is 2. The van der Waals surface area contributed by atoms with Gasteiger partial charge in [-0.2, -0.15) is 0 Å². The molecule has 0 atom stereocenters. The molecule has 1 aliphatic rings. The Morgan fingerprint density at radius 1 is 1.12 bits per heavy atom. The lowest BCUT2D eigenvalue weighted by Crippen LogP contribution is -2.41. The first-order valence-corrected chi connectivity index (χ1v) is 11.3. The van der Waals surface area contributed by atoms with Crippen molar-refractivity contribution in [2.24, 2.45) is 0 Å². The number of amides is 3. The summed E-state index contributed by atoms with van der Waals surface area (Å²) in [6.07, 6.45) is 0.585. The summed E-state index contributed by atoms with van der Waals surface area (Å²) in [6, 6.07) is 10.3. The molecule has 3 amide bonds. The molecular weight excluding hydrogens is 438 g/mol. The third-order valence-electron chi connectivity index (χ3n) is 4.75. The highest BCUT2D eigenvalue weighted by atomic mass is 32.2. The number of methoxy groups -OCH3 is 1. The molecule has 32 heavy (non-hydrogen) atoms. The van der Waals surface area contributed by atoms with Gasteiger partial charge in [-0.3, -0.25) is 14.4 Å². The summed E-state index contributed by atoms with van der Waals surface area (Å²) < 4.78 is 37.9. The lowest BCUT2D eigenvalue weighted by atomic mass is 10.2. The molecule has 2 aromatic rings. The highest BCUT2D eigenvalue weighted by molar-refractivity contribution is 7.92. The van der Waals surface area contributed by atoms with E-state index >= 15 is 0 Å². The van der Waals surface area contributed by atoms with Gasteiger partial charge in [-0.15, -0.1) is 0 Å². The van der Waals surface area contributed by atoms with Crippen LogP contribution in [0, 0.1) is 0 Å². The molecule has 0 bridgehead atoms. The second kappa shape index (κ2) is 9.69. The zero-order valence-electron chi connectivity index (χ0n) is 17.6. The van der Waals surface area contributed by atoms with E-state index in [1.165, 1.54) is 23.5 Å². The van der Waals surface area contributed by atoms with Gasteiger partial charge in [0, 0.05) is 13.1 Å². The Labute approximate surface area is 185 Å². The van der Waals surface area contributed by atoms with Crippen LogP contribution >= 0.6 is 0 Å². The summed E-state index contributed by atoms with van der Waals surface area (Å²) in [5, 5.41) is 4.37. The largest absolute Gasteiger partial charge is 0.496 e. The fraction of sp³-hybridized carbons (Fsp3) is 0.286. The van der Waals surface area contributed by atoms with Crippen molar-refractivity contribution in [1.82, 2.24) is 10.6 Å². The second-order valence-corrected chi connectivity index (χ2v) is 8.66. The lowest BCUT2D eigenvalue weighted by Gasteiger charge is -2.20. The molecule has 0 fully saturated rings. The average Bonchev–Trinajstić information content (AvgIpc) is 3.22. The number of nitrogens with zero attached hydrogens (tertiary/aromatic N) is 1. The molecule has 2 N–H and O–H groups in total. The minimum Gasteiger partial charge on any atom is -0.496 e. The molecule has 0 unspecified atom stereocenters. The molecule has 0 saturated heterocycles. The van der Waals surface area contributed by atoms with E-state index in [2.05, 4.69) is 5.32 Å². The average molecular weight is 461 g/mol. The maximum atomic E-state index is 13.2. The van der Waals surface area contributed by atoms with Gasteiger partial charge < -0.3 is 14.8 Å². The Kier molecular flexibility index (Phi) is 6.98. The number of imide groups is 1. The van der Waals surface area contributed by atoms with Crippen LogP contribution in [0.4, 0.5) is 10.5 Å². The molecule has 0 spiro atoms. The number of urea groups is 1. The van der Waals surface area contributed by atoms with Gasteiger partial charge in [-0.1, -0.05) is 18.2 Å². The standard InChI is InChI=1S/C21H23N3O7S/c1-3-22-21(27)23-19(25)13-31-20(26)16-12-15(8-9-18(16)30-2)32(28,29)24-11-10-14-6-4-5-7-17(14)24/h4-9,12H,3,10-11,13H2,1-2H3,(H2,22,23,25,27). The van der Waals surface area contributed by atoms with Crippen LogP contribution in [0.15, 0.2) is 47.4 Å². The number of carbonyl (C=O) groups excluding carboxylic acids is 3. The summed E-state index contributed by atoms with van der Waals surface area (Å²) in [6.45, 7) is 1.56. The molecule has 11 heteroatoms. The molecule has 1 aliphatic heterocycles. The molecule has 170 valence electrons. The number of hydrogen-bond donors (Lipinski definition) is 2. The van der Waals surface area contributed by atoms with Gasteiger partial charge in [0.05, 0.1) is 17.7 Å². The molecule has 0 saturated carbocycles. The summed E-state index contributed by atoms with van der Waals surface area (Å²) in [5.74, 6) is -1.72. The third-order valence-corrected chi connectivity index (χ3v) is 6.56. The van der Waals surface area contributed by atoms with Gasteiger partial charge >= 0.3 is 12.0 Å². The van der Waals surface area contributed by atoms with Crippen molar-refractivity contribution in [2.75, 3.05) is 31.1 Å². The number of anilines is 1. The number of esters is 1. The number of nitrogens with one attached hydrogen (secondary N) is 2. The third kappa shape index (κ3) is 4.83. The second-order valence-electron chi connectivity index (χ2n) is 6.80. The number of carbonyl (C=O) groups is 3. The van der Waals surface area contributed by atoms with Gasteiger partial charge in [0.1, 0.15) is 11.3 Å². The van der Waals surface area contributed by atoms with Crippen LogP contribution in [0.3, 0.4) is 0 Å². The van der Waals surface area contributed by atoms with Crippen molar-refractivity contribution in [3.63, 3.8) is 0 Å². The van der Waals surface area contributed by atoms with E-state index < -0.39 is 34.5 Å². The lowest BCUT2D eigenvalue weighted by molar-refractivity contribution is -0.123. The quantitative estimate of drug-likeness (QED) is 0.597. The van der Waals surface area contributed by atoms with Gasteiger partial charge in [-0.05, 0) is 43.2 Å². The van der Waals surface area contributed by atoms with Crippen LogP contribution in [-0.2, 0) is 26.0 Å². The van der Waals surface area contributed by atoms with Crippen LogP contribution in [0.2, 0.25) is 0 Å². The highest BCUT2D eigenvalue weighted by Gasteiger charge is 2.32. The molecule has 1 heterocycles. The first kappa shape index (κ1) is 23.1. The Balaban J connectivity index is 1.80. The van der Waals surface area contributed by atoms with Gasteiger partial charge in [0.2, 0.25) is 0 Å². The first-order chi connectivity index (χ1) is 15.3. The van der Waals surface area contributed by atoms with Crippen molar-refractivity contribution >= 4 is 33.6 Å². The zero-order chi connectivity index (χ0) is 23.3. The first-order valence-electron chi connectivity index (χ1n) is 9.81. The monoisotopic (exact) mass is 461 g/mol. The molecular formula is C21H23N3O7S. The topological polar surface area (TPSA) is 131 Å². The number of para-hydroxylation sites is 1. The van der Waals surface area contributed by atoms with E-state index in [1.54, 1.807) is 19.1 Å². The Morgan fingerprint density at radius 3 is 2.59 bits per heavy atom. The SMILES string of the molecule is CCNC(=O)NC(=O)COC(=O)c1cc(S(=O)(=O)N2CCc3ccccc32)ccc1OC. The number of rotatable bonds is 7. The summed E-state index contributed by atoms with van der Waals surface area (Å²) >= 11 is 0. The van der Waals surface area contributed by atoms with Crippen molar-refractivity contribution in [1.29, 1.82) is 0 Å². The molecule has 2 aromatic carbocycles. The maximum Gasteiger partial charge on any atom is 0.342 e. The fourth-order valence-electron chi connectivity index (χ4n) is 3.27. The Hall–Kier alpha value is -3.60. The van der Waals surface area contributed by atoms with Crippen LogP contribution in [0.1, 0.15) is 22.8 Å². The van der Waals surface area contributed by atoms with E-state index in [0.29, 0.717) is 18.7 Å². The summed E-state index contributed by atoms with van der Waals surface area (Å²) in [5.41, 5.74) is 1.35. The number of sulfonamides is 1. The predicted molar refractivity (Wildman–Crippen MR) is 115 cm³/mol. The van der Waals surface area contributed by atoms with E-state index in [0.717, 1.165) is 11.6 Å². The van der Waals surface area contributed by atoms with Crippen LogP contribution in [-0.4, -0.2) is 53.1 Å². The molecule has 0 radical (unpaired) electrons. The normalized spacial score (nSPS) is 12.6. The van der Waals surface area contributed by atoms with Crippen molar-refractivity contribution in [3.8, 4) is 5.75 Å². The Bertz CT molecular complexity index is 1150. The van der Waals surface area contributed by atoms with Crippen molar-refractivity contribution < 1.29 is 32.3 Å². The Morgan fingerprint density at radius 2 is 1.88 bits per heavy atom. The van der Waals surface area contributed by atoms with Gasteiger partial charge in [0.25, 0.3) is 15.9 Å². The fourth-order valence-corrected chi connectivity index (χ4v) is 4.80. The summed E-state index contributed by atoms with van der Waals surface area (Å²) in [4.78, 5) is 35.5. The number of hydrogen-bond acceptors (Lipinski definition) is 7. The van der Waals surface area contributed by atoms with Crippen molar-refractivity contribution in [3.05, 3.63) is 53.6 Å². The minimum atomic E-state index is -3.95. The molecule has 0 aromatic heterocycles. The van der Waals surface area contributed by atoms with Crippen molar-refractivity contribution in [2.45, 2.75) is 18.2 Å². The molecule has 10 nitrogen and oxygen atoms in total. The van der Waals surface area contributed by atoms with Crippen LogP contribution in [0.25, 0.3) is 0 Å². The number of benzene rings is 2. The van der Waals surface area contributed by atoms with Gasteiger partial charge in [0.15, 0.2) is 6.61 Å². The highest BCUT2D eigenvalue weighted by Crippen LogP contribution is 2.34. The van der Waals surface area contributed by atoms with E-state index in [-0.39, 0.29) is 22.8 Å². The van der Waals surface area contributed by atoms with E-state index in [1.807, 2.05) is 17.4 Å². The minimum absolute atomic E-state index is 0.0832. The van der Waals surface area contributed by atoms with Crippen LogP contribution < -0.4 is 19.7 Å². The van der Waals surface area contributed by atoms with Crippen LogP contribution in [0.5, 0.6) is 5.75 Å². The smallest absolute Gasteiger partial charge is 0.342 e. The molecule has 0 aliphatic carbocycles. The van der Waals surface area contributed by atoms with Gasteiger partial charge in [-0.25, -0.2) is 18.0 Å². The molecule has 3 rings (SSSR count).